The van der Waals surface area contributed by atoms with Gasteiger partial charge >= 0.3 is 0 Å². The highest BCUT2D eigenvalue weighted by atomic mass is 16.5. The molecule has 2 aromatic rings. The average Bonchev–Trinajstić information content (AvgIpc) is 2.56. The van der Waals surface area contributed by atoms with E-state index in [1.165, 1.54) is 5.56 Å². The largest absolute Gasteiger partial charge is 0.488 e. The van der Waals surface area contributed by atoms with Crippen molar-refractivity contribution in [2.24, 2.45) is 0 Å². The highest BCUT2D eigenvalue weighted by Gasteiger charge is 2.27. The summed E-state index contributed by atoms with van der Waals surface area (Å²) in [4.78, 5) is 0. The van der Waals surface area contributed by atoms with Crippen molar-refractivity contribution in [2.75, 3.05) is 6.61 Å². The Bertz CT molecular complexity index is 577. The predicted octanol–water partition coefficient (Wildman–Crippen LogP) is 5.58. The number of ether oxygens (including phenoxy) is 2. The lowest BCUT2D eigenvalue weighted by Gasteiger charge is -2.32. The Hall–Kier alpha value is -1.80. The summed E-state index contributed by atoms with van der Waals surface area (Å²) in [6.07, 6.45) is 1.78. The lowest BCUT2D eigenvalue weighted by molar-refractivity contribution is -0.0584. The van der Waals surface area contributed by atoms with Crippen molar-refractivity contribution in [1.82, 2.24) is 0 Å². The van der Waals surface area contributed by atoms with E-state index in [1.807, 2.05) is 36.4 Å². The van der Waals surface area contributed by atoms with E-state index >= 15 is 0 Å². The van der Waals surface area contributed by atoms with E-state index in [1.54, 1.807) is 0 Å². The molecular weight excluding hydrogens is 284 g/mol. The molecule has 0 saturated carbocycles. The Morgan fingerprint density at radius 2 is 1.39 bits per heavy atom. The molecule has 0 heterocycles. The van der Waals surface area contributed by atoms with Crippen molar-refractivity contribution < 1.29 is 9.47 Å². The van der Waals surface area contributed by atoms with Crippen LogP contribution in [0.1, 0.15) is 46.1 Å². The summed E-state index contributed by atoms with van der Waals surface area (Å²) in [5.74, 6) is 0.902. The van der Waals surface area contributed by atoms with Crippen molar-refractivity contribution in [1.29, 1.82) is 0 Å². The van der Waals surface area contributed by atoms with Crippen molar-refractivity contribution >= 4 is 0 Å². The zero-order valence-corrected chi connectivity index (χ0v) is 14.7. The Morgan fingerprint density at radius 1 is 0.826 bits per heavy atom. The van der Waals surface area contributed by atoms with Crippen LogP contribution in [0.4, 0.5) is 0 Å². The summed E-state index contributed by atoms with van der Waals surface area (Å²) in [6.45, 7) is 9.20. The Morgan fingerprint density at radius 3 is 1.96 bits per heavy atom. The van der Waals surface area contributed by atoms with Crippen molar-refractivity contribution in [3.05, 3.63) is 66.2 Å². The summed E-state index contributed by atoms with van der Waals surface area (Å²) in [5, 5.41) is 0. The minimum absolute atomic E-state index is 0.246. The highest BCUT2D eigenvalue weighted by Crippen LogP contribution is 2.30. The molecule has 0 aliphatic rings. The van der Waals surface area contributed by atoms with E-state index in [0.717, 1.165) is 18.6 Å². The van der Waals surface area contributed by atoms with Gasteiger partial charge in [-0.1, -0.05) is 55.5 Å². The second-order valence-corrected chi connectivity index (χ2v) is 6.72. The monoisotopic (exact) mass is 312 g/mol. The Balaban J connectivity index is 1.92. The van der Waals surface area contributed by atoms with Gasteiger partial charge in [0.05, 0.1) is 12.2 Å². The Labute approximate surface area is 140 Å². The quantitative estimate of drug-likeness (QED) is 0.634. The van der Waals surface area contributed by atoms with Gasteiger partial charge in [0.1, 0.15) is 11.4 Å². The van der Waals surface area contributed by atoms with Crippen LogP contribution in [0.2, 0.25) is 0 Å². The number of rotatable bonds is 8. The SMILES string of the molecule is CCC(C)(OCCC(C)(C)Oc1ccccc1)c1ccccc1. The lowest BCUT2D eigenvalue weighted by Crippen LogP contribution is -2.33. The van der Waals surface area contributed by atoms with Crippen LogP contribution in [0.3, 0.4) is 0 Å². The molecule has 0 amide bonds. The molecule has 0 saturated heterocycles. The number of hydrogen-bond acceptors (Lipinski definition) is 2. The van der Waals surface area contributed by atoms with Crippen LogP contribution in [0, 0.1) is 0 Å². The van der Waals surface area contributed by atoms with E-state index in [-0.39, 0.29) is 11.2 Å². The van der Waals surface area contributed by atoms with Gasteiger partial charge in [-0.2, -0.15) is 0 Å². The summed E-state index contributed by atoms with van der Waals surface area (Å²) in [6, 6.07) is 20.4. The van der Waals surface area contributed by atoms with Gasteiger partial charge in [0, 0.05) is 6.42 Å². The van der Waals surface area contributed by atoms with Crippen LogP contribution in [0.25, 0.3) is 0 Å². The molecule has 0 fully saturated rings. The lowest BCUT2D eigenvalue weighted by atomic mass is 9.93. The average molecular weight is 312 g/mol. The molecule has 0 bridgehead atoms. The van der Waals surface area contributed by atoms with Gasteiger partial charge in [0.15, 0.2) is 0 Å². The van der Waals surface area contributed by atoms with Gasteiger partial charge < -0.3 is 9.47 Å². The molecule has 0 spiro atoms. The van der Waals surface area contributed by atoms with Crippen LogP contribution in [0.15, 0.2) is 60.7 Å². The zero-order valence-electron chi connectivity index (χ0n) is 14.7. The molecule has 0 aliphatic carbocycles. The molecule has 2 nitrogen and oxygen atoms in total. The van der Waals surface area contributed by atoms with Crippen molar-refractivity contribution in [3.63, 3.8) is 0 Å². The number of para-hydroxylation sites is 1. The molecule has 2 heteroatoms. The zero-order chi connectivity index (χ0) is 16.8. The van der Waals surface area contributed by atoms with Gasteiger partial charge in [0.2, 0.25) is 0 Å². The molecule has 0 N–H and O–H groups in total. The summed E-state index contributed by atoms with van der Waals surface area (Å²) in [7, 11) is 0. The first kappa shape index (κ1) is 17.6. The molecule has 0 aromatic heterocycles. The third kappa shape index (κ3) is 5.11. The van der Waals surface area contributed by atoms with Crippen LogP contribution in [0.5, 0.6) is 5.75 Å². The summed E-state index contributed by atoms with van der Waals surface area (Å²) in [5.41, 5.74) is 0.723. The summed E-state index contributed by atoms with van der Waals surface area (Å²) >= 11 is 0. The first-order valence-electron chi connectivity index (χ1n) is 8.39. The minimum Gasteiger partial charge on any atom is -0.488 e. The number of benzene rings is 2. The maximum atomic E-state index is 6.26. The Kier molecular flexibility index (Phi) is 5.84. The predicted molar refractivity (Wildman–Crippen MR) is 95.8 cm³/mol. The van der Waals surface area contributed by atoms with Gasteiger partial charge in [-0.15, -0.1) is 0 Å². The molecule has 2 rings (SSSR count). The third-order valence-corrected chi connectivity index (χ3v) is 4.32. The molecule has 2 aromatic carbocycles. The fraction of sp³-hybridized carbons (Fsp3) is 0.429. The van der Waals surface area contributed by atoms with E-state index in [4.69, 9.17) is 9.47 Å². The first-order valence-corrected chi connectivity index (χ1v) is 8.39. The maximum Gasteiger partial charge on any atom is 0.120 e. The fourth-order valence-electron chi connectivity index (χ4n) is 2.56. The van der Waals surface area contributed by atoms with E-state index in [0.29, 0.717) is 6.61 Å². The maximum absolute atomic E-state index is 6.26. The smallest absolute Gasteiger partial charge is 0.120 e. The molecule has 0 aliphatic heterocycles. The van der Waals surface area contributed by atoms with Crippen LogP contribution < -0.4 is 4.74 Å². The molecule has 124 valence electrons. The van der Waals surface area contributed by atoms with Gasteiger partial charge in [-0.25, -0.2) is 0 Å². The number of hydrogen-bond donors (Lipinski definition) is 0. The van der Waals surface area contributed by atoms with Crippen molar-refractivity contribution in [2.45, 2.75) is 51.7 Å². The minimum atomic E-state index is -0.257. The summed E-state index contributed by atoms with van der Waals surface area (Å²) < 4.78 is 12.3. The molecule has 0 radical (unpaired) electrons. The fourth-order valence-corrected chi connectivity index (χ4v) is 2.56. The topological polar surface area (TPSA) is 18.5 Å². The normalized spacial score (nSPS) is 14.3. The van der Waals surface area contributed by atoms with E-state index in [2.05, 4.69) is 52.0 Å². The van der Waals surface area contributed by atoms with Gasteiger partial charge in [0.25, 0.3) is 0 Å². The van der Waals surface area contributed by atoms with Gasteiger partial charge in [-0.3, -0.25) is 0 Å². The standard InChI is InChI=1S/C21H28O2/c1-5-21(4,18-12-8-6-9-13-18)22-17-16-20(2,3)23-19-14-10-7-11-15-19/h6-15H,5,16-17H2,1-4H3. The molecule has 23 heavy (non-hydrogen) atoms. The molecular formula is C21H28O2. The second-order valence-electron chi connectivity index (χ2n) is 6.72. The second kappa shape index (κ2) is 7.65. The van der Waals surface area contributed by atoms with E-state index in [9.17, 15) is 0 Å². The van der Waals surface area contributed by atoms with Gasteiger partial charge in [-0.05, 0) is 44.9 Å². The molecule has 1 atom stereocenters. The first-order chi connectivity index (χ1) is 11.0. The van der Waals surface area contributed by atoms with Crippen LogP contribution in [-0.4, -0.2) is 12.2 Å². The van der Waals surface area contributed by atoms with Crippen LogP contribution in [-0.2, 0) is 10.3 Å². The van der Waals surface area contributed by atoms with Crippen molar-refractivity contribution in [3.8, 4) is 5.75 Å². The van der Waals surface area contributed by atoms with Crippen LogP contribution >= 0.6 is 0 Å². The third-order valence-electron chi connectivity index (χ3n) is 4.32. The molecule has 1 unspecified atom stereocenters. The van der Waals surface area contributed by atoms with E-state index < -0.39 is 0 Å². The highest BCUT2D eigenvalue weighted by molar-refractivity contribution is 5.22.